The first-order chi connectivity index (χ1) is 13.4. The number of carbonyl (C=O) groups is 1. The molecule has 0 aliphatic carbocycles. The van der Waals surface area contributed by atoms with Crippen molar-refractivity contribution in [2.45, 2.75) is 6.92 Å². The second-order valence-corrected chi connectivity index (χ2v) is 6.32. The first kappa shape index (κ1) is 18.9. The summed E-state index contributed by atoms with van der Waals surface area (Å²) in [5, 5.41) is 23.9. The Hall–Kier alpha value is -3.83. The molecule has 0 saturated heterocycles. The summed E-state index contributed by atoms with van der Waals surface area (Å²) in [6.45, 7) is 1.63. The summed E-state index contributed by atoms with van der Waals surface area (Å²) >= 11 is 5.23. The lowest BCUT2D eigenvalue weighted by Gasteiger charge is -2.15. The zero-order chi connectivity index (χ0) is 20.3. The van der Waals surface area contributed by atoms with E-state index in [0.29, 0.717) is 11.4 Å². The molecule has 0 aliphatic heterocycles. The van der Waals surface area contributed by atoms with Gasteiger partial charge in [0.05, 0.1) is 21.6 Å². The second-order valence-electron chi connectivity index (χ2n) is 5.91. The number of pyridine rings is 1. The van der Waals surface area contributed by atoms with Crippen LogP contribution in [0.25, 0.3) is 11.1 Å². The number of hydrogen-bond donors (Lipinski definition) is 2. The van der Waals surface area contributed by atoms with Gasteiger partial charge >= 0.3 is 0 Å². The van der Waals surface area contributed by atoms with Gasteiger partial charge in [0.25, 0.3) is 11.6 Å². The summed E-state index contributed by atoms with van der Waals surface area (Å²) in [6.07, 6.45) is 0. The number of anilines is 1. The minimum atomic E-state index is -0.551. The molecule has 0 aliphatic rings. The van der Waals surface area contributed by atoms with E-state index in [2.05, 4.69) is 10.3 Å². The number of aromatic amines is 1. The second kappa shape index (κ2) is 7.82. The summed E-state index contributed by atoms with van der Waals surface area (Å²) in [5.41, 5.74) is 1.19. The predicted molar refractivity (Wildman–Crippen MR) is 108 cm³/mol. The van der Waals surface area contributed by atoms with E-state index < -0.39 is 10.8 Å². The third kappa shape index (κ3) is 3.51. The molecule has 7 nitrogen and oxygen atoms in total. The van der Waals surface area contributed by atoms with Crippen LogP contribution in [-0.2, 0) is 0 Å². The van der Waals surface area contributed by atoms with Crippen LogP contribution in [0.3, 0.4) is 0 Å². The molecule has 138 valence electrons. The highest BCUT2D eigenvalue weighted by molar-refractivity contribution is 7.71. The third-order valence-corrected chi connectivity index (χ3v) is 4.45. The average molecular weight is 390 g/mol. The maximum Gasteiger partial charge on any atom is 0.277 e. The zero-order valence-corrected chi connectivity index (χ0v) is 15.5. The highest BCUT2D eigenvalue weighted by Crippen LogP contribution is 2.36. The fourth-order valence-electron chi connectivity index (χ4n) is 2.94. The Morgan fingerprint density at radius 1 is 1.18 bits per heavy atom. The molecule has 0 saturated carbocycles. The van der Waals surface area contributed by atoms with Gasteiger partial charge in [-0.3, -0.25) is 14.9 Å². The van der Waals surface area contributed by atoms with Crippen LogP contribution in [0.1, 0.15) is 21.6 Å². The molecule has 28 heavy (non-hydrogen) atoms. The lowest BCUT2D eigenvalue weighted by atomic mass is 9.93. The van der Waals surface area contributed by atoms with Crippen LogP contribution >= 0.6 is 12.2 Å². The van der Waals surface area contributed by atoms with Gasteiger partial charge in [0.2, 0.25) is 0 Å². The van der Waals surface area contributed by atoms with Gasteiger partial charge in [0.15, 0.2) is 0 Å². The molecule has 3 aromatic rings. The number of aromatic nitrogens is 1. The number of carbonyl (C=O) groups excluding carboxylic acids is 1. The highest BCUT2D eigenvalue weighted by atomic mass is 32.1. The number of aryl methyl sites for hydroxylation is 1. The van der Waals surface area contributed by atoms with Crippen LogP contribution in [0, 0.1) is 33.0 Å². The number of nitro groups is 1. The van der Waals surface area contributed by atoms with Crippen LogP contribution in [0.4, 0.5) is 11.4 Å². The molecule has 2 aromatic carbocycles. The van der Waals surface area contributed by atoms with E-state index in [4.69, 9.17) is 12.2 Å². The Bertz CT molecular complexity index is 1180. The Morgan fingerprint density at radius 3 is 2.46 bits per heavy atom. The number of rotatable bonds is 4. The lowest BCUT2D eigenvalue weighted by Crippen LogP contribution is -2.17. The number of nitriles is 1. The van der Waals surface area contributed by atoms with Crippen molar-refractivity contribution in [2.75, 3.05) is 5.32 Å². The molecule has 0 fully saturated rings. The maximum absolute atomic E-state index is 13.0. The summed E-state index contributed by atoms with van der Waals surface area (Å²) in [7, 11) is 0. The number of nitrogens with zero attached hydrogens (tertiary/aromatic N) is 2. The molecule has 0 unspecified atom stereocenters. The van der Waals surface area contributed by atoms with Crippen LogP contribution in [0.2, 0.25) is 0 Å². The van der Waals surface area contributed by atoms with E-state index in [1.54, 1.807) is 37.3 Å². The average Bonchev–Trinajstić information content (AvgIpc) is 2.68. The Balaban J connectivity index is 2.30. The van der Waals surface area contributed by atoms with Crippen molar-refractivity contribution >= 4 is 29.5 Å². The quantitative estimate of drug-likeness (QED) is 0.379. The molecule has 0 spiro atoms. The van der Waals surface area contributed by atoms with Gasteiger partial charge in [-0.2, -0.15) is 5.26 Å². The minimum Gasteiger partial charge on any atom is -0.348 e. The number of amides is 1. The van der Waals surface area contributed by atoms with E-state index >= 15 is 0 Å². The van der Waals surface area contributed by atoms with Crippen molar-refractivity contribution in [3.05, 3.63) is 86.2 Å². The molecule has 0 radical (unpaired) electrons. The van der Waals surface area contributed by atoms with Gasteiger partial charge in [0, 0.05) is 23.0 Å². The highest BCUT2D eigenvalue weighted by Gasteiger charge is 2.26. The number of benzene rings is 2. The Kier molecular flexibility index (Phi) is 5.29. The van der Waals surface area contributed by atoms with Crippen LogP contribution in [-0.4, -0.2) is 15.8 Å². The van der Waals surface area contributed by atoms with E-state index in [0.717, 1.165) is 0 Å². The SMILES string of the molecule is Cc1[nH]c(=S)c(C#N)c(-c2ccccc2[N+](=O)[O-])c1C(=O)Nc1ccccc1. The van der Waals surface area contributed by atoms with Crippen LogP contribution in [0.15, 0.2) is 54.6 Å². The Labute approximate surface area is 165 Å². The van der Waals surface area contributed by atoms with Gasteiger partial charge in [-0.15, -0.1) is 0 Å². The monoisotopic (exact) mass is 390 g/mol. The molecule has 0 atom stereocenters. The molecule has 1 aromatic heterocycles. The van der Waals surface area contributed by atoms with Crippen molar-refractivity contribution in [1.82, 2.24) is 4.98 Å². The largest absolute Gasteiger partial charge is 0.348 e. The molecule has 8 heteroatoms. The van der Waals surface area contributed by atoms with Gasteiger partial charge in [0.1, 0.15) is 10.7 Å². The fourth-order valence-corrected chi connectivity index (χ4v) is 3.24. The third-order valence-electron chi connectivity index (χ3n) is 4.14. The van der Waals surface area contributed by atoms with Gasteiger partial charge in [-0.25, -0.2) is 0 Å². The summed E-state index contributed by atoms with van der Waals surface area (Å²) in [4.78, 5) is 26.9. The first-order valence-corrected chi connectivity index (χ1v) is 8.62. The molecule has 3 rings (SSSR count). The number of nitro benzene ring substituents is 1. The van der Waals surface area contributed by atoms with Gasteiger partial charge in [-0.05, 0) is 25.1 Å². The zero-order valence-electron chi connectivity index (χ0n) is 14.7. The summed E-state index contributed by atoms with van der Waals surface area (Å²) < 4.78 is 0.115. The molecule has 2 N–H and O–H groups in total. The molecule has 1 amide bonds. The molecular weight excluding hydrogens is 376 g/mol. The van der Waals surface area contributed by atoms with Gasteiger partial charge < -0.3 is 10.3 Å². The molecule has 0 bridgehead atoms. The number of hydrogen-bond acceptors (Lipinski definition) is 5. The van der Waals surface area contributed by atoms with Crippen LogP contribution in [0.5, 0.6) is 0 Å². The molecular formula is C20H14N4O3S. The van der Waals surface area contributed by atoms with E-state index in [1.165, 1.54) is 18.2 Å². The van der Waals surface area contributed by atoms with E-state index in [-0.39, 0.29) is 32.6 Å². The van der Waals surface area contributed by atoms with Crippen molar-refractivity contribution in [3.8, 4) is 17.2 Å². The normalized spacial score (nSPS) is 10.1. The number of H-pyrrole nitrogens is 1. The van der Waals surface area contributed by atoms with Gasteiger partial charge in [-0.1, -0.05) is 42.5 Å². The predicted octanol–water partition coefficient (Wildman–Crippen LogP) is 4.75. The smallest absolute Gasteiger partial charge is 0.277 e. The van der Waals surface area contributed by atoms with Crippen molar-refractivity contribution in [1.29, 1.82) is 5.26 Å². The maximum atomic E-state index is 13.0. The lowest BCUT2D eigenvalue weighted by molar-refractivity contribution is -0.384. The van der Waals surface area contributed by atoms with E-state index in [1.807, 2.05) is 12.1 Å². The van der Waals surface area contributed by atoms with Crippen molar-refractivity contribution in [2.24, 2.45) is 0 Å². The van der Waals surface area contributed by atoms with Crippen molar-refractivity contribution < 1.29 is 9.72 Å². The number of nitrogens with one attached hydrogen (secondary N) is 2. The topological polar surface area (TPSA) is 112 Å². The summed E-state index contributed by atoms with van der Waals surface area (Å²) in [6, 6.07) is 16.7. The fraction of sp³-hybridized carbons (Fsp3) is 0.0500. The number of para-hydroxylation sites is 2. The first-order valence-electron chi connectivity index (χ1n) is 8.21. The minimum absolute atomic E-state index is 0.00751. The molecule has 1 heterocycles. The standard InChI is InChI=1S/C20H14N4O3S/c1-12-17(19(25)23-13-7-3-2-4-8-13)18(15(11-21)20(28)22-12)14-9-5-6-10-16(14)24(26)27/h2-10H,1H3,(H,22,28)(H,23,25). The summed E-state index contributed by atoms with van der Waals surface area (Å²) in [5.74, 6) is -0.500. The van der Waals surface area contributed by atoms with Crippen molar-refractivity contribution in [3.63, 3.8) is 0 Å². The van der Waals surface area contributed by atoms with E-state index in [9.17, 15) is 20.2 Å². The Morgan fingerprint density at radius 2 is 1.82 bits per heavy atom. The van der Waals surface area contributed by atoms with Crippen LogP contribution < -0.4 is 5.32 Å².